The third kappa shape index (κ3) is 1.42. The Bertz CT molecular complexity index is 491. The van der Waals surface area contributed by atoms with Crippen molar-refractivity contribution in [1.82, 2.24) is 4.90 Å². The number of rotatable bonds is 1. The molecule has 2 aliphatic rings. The normalized spacial score (nSPS) is 21.9. The maximum absolute atomic E-state index is 9.30. The van der Waals surface area contributed by atoms with Crippen LogP contribution in [0.4, 0.5) is 5.00 Å². The second-order valence-corrected chi connectivity index (χ2v) is 6.33. The highest BCUT2D eigenvalue weighted by Crippen LogP contribution is 2.49. The Morgan fingerprint density at radius 3 is 2.94 bits per heavy atom. The van der Waals surface area contributed by atoms with E-state index < -0.39 is 0 Å². The van der Waals surface area contributed by atoms with Gasteiger partial charge in [0.2, 0.25) is 0 Å². The molecule has 17 heavy (non-hydrogen) atoms. The van der Waals surface area contributed by atoms with Gasteiger partial charge in [0.25, 0.3) is 0 Å². The summed E-state index contributed by atoms with van der Waals surface area (Å²) >= 11 is 1.64. The third-order valence-corrected chi connectivity index (χ3v) is 5.29. The van der Waals surface area contributed by atoms with Gasteiger partial charge in [-0.05, 0) is 31.4 Å². The van der Waals surface area contributed by atoms with Gasteiger partial charge in [-0.3, -0.25) is 0 Å². The number of fused-ring (bicyclic) bond motifs is 2. The molecule has 2 N–H and O–H groups in total. The van der Waals surface area contributed by atoms with E-state index in [1.807, 2.05) is 0 Å². The van der Waals surface area contributed by atoms with Gasteiger partial charge in [-0.15, -0.1) is 11.3 Å². The largest absolute Gasteiger partial charge is 0.389 e. The van der Waals surface area contributed by atoms with Crippen LogP contribution < -0.4 is 5.73 Å². The fraction of sp³-hybridized carbons (Fsp3) is 0.615. The molecule has 1 spiro atoms. The SMILES string of the molecule is CCN1CC2(CCCc3sc(N)c(C#N)c32)C1. The van der Waals surface area contributed by atoms with Crippen molar-refractivity contribution in [2.24, 2.45) is 0 Å². The molecule has 1 fully saturated rings. The standard InChI is InChI=1S/C13H17N3S/c1-2-16-7-13(8-16)5-3-4-10-11(13)9(6-14)12(15)17-10/h2-5,7-8,15H2,1H3. The van der Waals surface area contributed by atoms with Gasteiger partial charge >= 0.3 is 0 Å². The Morgan fingerprint density at radius 2 is 2.29 bits per heavy atom. The highest BCUT2D eigenvalue weighted by Gasteiger charge is 2.48. The van der Waals surface area contributed by atoms with Gasteiger partial charge in [0.15, 0.2) is 0 Å². The van der Waals surface area contributed by atoms with E-state index in [0.717, 1.165) is 36.6 Å². The Balaban J connectivity index is 2.06. The van der Waals surface area contributed by atoms with Gasteiger partial charge in [0.05, 0.1) is 5.56 Å². The summed E-state index contributed by atoms with van der Waals surface area (Å²) in [7, 11) is 0. The Hall–Kier alpha value is -1.05. The van der Waals surface area contributed by atoms with Crippen LogP contribution in [0.3, 0.4) is 0 Å². The van der Waals surface area contributed by atoms with Crippen LogP contribution >= 0.6 is 11.3 Å². The molecule has 1 aliphatic heterocycles. The third-order valence-electron chi connectivity index (χ3n) is 4.21. The second-order valence-electron chi connectivity index (χ2n) is 5.19. The van der Waals surface area contributed by atoms with Crippen molar-refractivity contribution in [2.75, 3.05) is 25.4 Å². The van der Waals surface area contributed by atoms with Crippen molar-refractivity contribution in [1.29, 1.82) is 5.26 Å². The molecule has 0 amide bonds. The molecule has 0 atom stereocenters. The second kappa shape index (κ2) is 3.72. The molecule has 1 saturated heterocycles. The van der Waals surface area contributed by atoms with Crippen LogP contribution in [0.15, 0.2) is 0 Å². The van der Waals surface area contributed by atoms with Crippen molar-refractivity contribution in [2.45, 2.75) is 31.6 Å². The summed E-state index contributed by atoms with van der Waals surface area (Å²) in [6.07, 6.45) is 3.58. The first-order valence-corrected chi connectivity index (χ1v) is 7.06. The summed E-state index contributed by atoms with van der Waals surface area (Å²) in [6.45, 7) is 5.53. The lowest BCUT2D eigenvalue weighted by Gasteiger charge is -2.52. The van der Waals surface area contributed by atoms with Crippen LogP contribution in [0.25, 0.3) is 0 Å². The number of likely N-dealkylation sites (N-methyl/N-ethyl adjacent to an activating group) is 1. The number of hydrogen-bond acceptors (Lipinski definition) is 4. The van der Waals surface area contributed by atoms with E-state index in [0.29, 0.717) is 0 Å². The number of nitrogen functional groups attached to an aromatic ring is 1. The molecule has 1 aliphatic carbocycles. The average molecular weight is 247 g/mol. The first-order valence-electron chi connectivity index (χ1n) is 6.24. The number of likely N-dealkylation sites (tertiary alicyclic amines) is 1. The van der Waals surface area contributed by atoms with E-state index >= 15 is 0 Å². The molecule has 4 heteroatoms. The fourth-order valence-corrected chi connectivity index (χ4v) is 4.59. The summed E-state index contributed by atoms with van der Waals surface area (Å²) in [6, 6.07) is 2.33. The molecular formula is C13H17N3S. The molecule has 1 aromatic rings. The van der Waals surface area contributed by atoms with Crippen LogP contribution in [-0.4, -0.2) is 24.5 Å². The van der Waals surface area contributed by atoms with Crippen molar-refractivity contribution < 1.29 is 0 Å². The van der Waals surface area contributed by atoms with Crippen molar-refractivity contribution >= 4 is 16.3 Å². The van der Waals surface area contributed by atoms with Crippen LogP contribution in [0.1, 0.15) is 35.8 Å². The number of anilines is 1. The first-order chi connectivity index (χ1) is 8.20. The van der Waals surface area contributed by atoms with Crippen molar-refractivity contribution in [3.05, 3.63) is 16.0 Å². The molecule has 3 rings (SSSR count). The van der Waals surface area contributed by atoms with Gasteiger partial charge < -0.3 is 10.6 Å². The molecule has 3 nitrogen and oxygen atoms in total. The minimum atomic E-state index is 0.253. The van der Waals surface area contributed by atoms with E-state index in [2.05, 4.69) is 17.9 Å². The zero-order valence-electron chi connectivity index (χ0n) is 10.1. The average Bonchev–Trinajstić information content (AvgIpc) is 2.61. The predicted octanol–water partition coefficient (Wildman–Crippen LogP) is 2.11. The van der Waals surface area contributed by atoms with Gasteiger partial charge in [0, 0.05) is 23.4 Å². The molecule has 1 aromatic heterocycles. The lowest BCUT2D eigenvalue weighted by molar-refractivity contribution is 0.0574. The molecule has 2 heterocycles. The number of hydrogen-bond donors (Lipinski definition) is 1. The van der Waals surface area contributed by atoms with Crippen molar-refractivity contribution in [3.63, 3.8) is 0 Å². The smallest absolute Gasteiger partial charge is 0.104 e. The summed E-state index contributed by atoms with van der Waals surface area (Å²) < 4.78 is 0. The van der Waals surface area contributed by atoms with Gasteiger partial charge in [-0.25, -0.2) is 0 Å². The zero-order chi connectivity index (χ0) is 12.0. The lowest BCUT2D eigenvalue weighted by Crippen LogP contribution is -2.60. The molecule has 0 radical (unpaired) electrons. The molecule has 0 unspecified atom stereocenters. The topological polar surface area (TPSA) is 53.0 Å². The Kier molecular flexibility index (Phi) is 2.42. The summed E-state index contributed by atoms with van der Waals surface area (Å²) in [5.74, 6) is 0. The Morgan fingerprint density at radius 1 is 1.53 bits per heavy atom. The van der Waals surface area contributed by atoms with Crippen LogP contribution in [0.2, 0.25) is 0 Å². The minimum absolute atomic E-state index is 0.253. The number of aryl methyl sites for hydroxylation is 1. The first kappa shape index (κ1) is 11.1. The highest BCUT2D eigenvalue weighted by atomic mass is 32.1. The van der Waals surface area contributed by atoms with Gasteiger partial charge in [-0.2, -0.15) is 5.26 Å². The lowest BCUT2D eigenvalue weighted by atomic mass is 9.66. The van der Waals surface area contributed by atoms with E-state index in [9.17, 15) is 5.26 Å². The number of nitriles is 1. The van der Waals surface area contributed by atoms with E-state index in [1.165, 1.54) is 23.3 Å². The van der Waals surface area contributed by atoms with Gasteiger partial charge in [0.1, 0.15) is 11.1 Å². The maximum Gasteiger partial charge on any atom is 0.104 e. The van der Waals surface area contributed by atoms with Crippen molar-refractivity contribution in [3.8, 4) is 6.07 Å². The zero-order valence-corrected chi connectivity index (χ0v) is 10.9. The number of nitrogens with two attached hydrogens (primary N) is 1. The van der Waals surface area contributed by atoms with E-state index in [-0.39, 0.29) is 5.41 Å². The van der Waals surface area contributed by atoms with Crippen LogP contribution in [-0.2, 0) is 11.8 Å². The number of thiophene rings is 1. The van der Waals surface area contributed by atoms with E-state index in [1.54, 1.807) is 11.3 Å². The monoisotopic (exact) mass is 247 g/mol. The molecule has 0 bridgehead atoms. The summed E-state index contributed by atoms with van der Waals surface area (Å²) in [5, 5.41) is 10.0. The van der Waals surface area contributed by atoms with Gasteiger partial charge in [-0.1, -0.05) is 6.92 Å². The highest BCUT2D eigenvalue weighted by molar-refractivity contribution is 7.16. The minimum Gasteiger partial charge on any atom is -0.389 e. The molecular weight excluding hydrogens is 230 g/mol. The fourth-order valence-electron chi connectivity index (χ4n) is 3.41. The number of nitrogens with zero attached hydrogens (tertiary/aromatic N) is 2. The quantitative estimate of drug-likeness (QED) is 0.827. The molecule has 0 aromatic carbocycles. The van der Waals surface area contributed by atoms with E-state index in [4.69, 9.17) is 5.73 Å². The predicted molar refractivity (Wildman–Crippen MR) is 70.2 cm³/mol. The van der Waals surface area contributed by atoms with Crippen LogP contribution in [0, 0.1) is 11.3 Å². The molecule has 0 saturated carbocycles. The summed E-state index contributed by atoms with van der Waals surface area (Å²) in [5.41, 5.74) is 8.32. The maximum atomic E-state index is 9.30. The summed E-state index contributed by atoms with van der Waals surface area (Å²) in [4.78, 5) is 3.82. The molecule has 90 valence electrons. The Labute approximate surface area is 106 Å². The van der Waals surface area contributed by atoms with Crippen LogP contribution in [0.5, 0.6) is 0 Å².